The number of hydrogen-bond donors (Lipinski definition) is 0. The average molecular weight is 436 g/mol. The van der Waals surface area contributed by atoms with Crippen LogP contribution in [0.2, 0.25) is 0 Å². The molecule has 0 unspecified atom stereocenters. The fourth-order valence-electron chi connectivity index (χ4n) is 5.09. The second-order valence-corrected chi connectivity index (χ2v) is 8.53. The first-order chi connectivity index (χ1) is 16.9. The molecule has 0 radical (unpaired) electrons. The van der Waals surface area contributed by atoms with Crippen molar-refractivity contribution in [3.8, 4) is 22.6 Å². The van der Waals surface area contributed by atoms with Crippen molar-refractivity contribution in [1.29, 1.82) is 0 Å². The topological polar surface area (TPSA) is 22.8 Å². The number of benzene rings is 4. The molecule has 0 spiro atoms. The van der Waals surface area contributed by atoms with Gasteiger partial charge in [0.1, 0.15) is 0 Å². The van der Waals surface area contributed by atoms with E-state index in [2.05, 4.69) is 117 Å². The minimum Gasteiger partial charge on any atom is -0.317 e. The number of aromatic nitrogens is 3. The van der Waals surface area contributed by atoms with Crippen LogP contribution in [-0.4, -0.2) is 14.1 Å². The molecule has 7 rings (SSSR count). The van der Waals surface area contributed by atoms with Crippen molar-refractivity contribution >= 4 is 32.7 Å². The van der Waals surface area contributed by atoms with Crippen molar-refractivity contribution in [2.75, 3.05) is 0 Å². The summed E-state index contributed by atoms with van der Waals surface area (Å²) in [6.45, 7) is 0. The maximum absolute atomic E-state index is 4.47. The van der Waals surface area contributed by atoms with Gasteiger partial charge in [-0.3, -0.25) is 4.98 Å². The molecule has 4 aromatic carbocycles. The zero-order valence-electron chi connectivity index (χ0n) is 18.5. The van der Waals surface area contributed by atoms with Crippen LogP contribution in [-0.2, 0) is 0 Å². The maximum atomic E-state index is 4.47. The molecule has 3 heteroatoms. The predicted molar refractivity (Wildman–Crippen MR) is 141 cm³/mol. The van der Waals surface area contributed by atoms with Crippen LogP contribution in [0.15, 0.2) is 128 Å². The fourth-order valence-corrected chi connectivity index (χ4v) is 5.09. The molecule has 0 N–H and O–H groups in total. The minimum absolute atomic E-state index is 0.988. The summed E-state index contributed by atoms with van der Waals surface area (Å²) in [6.07, 6.45) is 4.01. The van der Waals surface area contributed by atoms with Crippen LogP contribution in [0, 0.1) is 0 Å². The number of nitrogens with zero attached hydrogens (tertiary/aromatic N) is 3. The van der Waals surface area contributed by atoms with Gasteiger partial charge in [0.05, 0.1) is 22.2 Å². The van der Waals surface area contributed by atoms with Gasteiger partial charge >= 0.3 is 0 Å². The molecule has 0 bridgehead atoms. The highest BCUT2D eigenvalue weighted by Gasteiger charge is 2.16. The maximum Gasteiger partial charge on any atom is 0.0701 e. The monoisotopic (exact) mass is 435 g/mol. The lowest BCUT2D eigenvalue weighted by molar-refractivity contribution is 1.13. The molecule has 0 aliphatic rings. The Bertz CT molecular complexity index is 1770. The van der Waals surface area contributed by atoms with Crippen molar-refractivity contribution in [2.24, 2.45) is 0 Å². The molecule has 0 saturated carbocycles. The van der Waals surface area contributed by atoms with Gasteiger partial charge in [0, 0.05) is 45.5 Å². The van der Waals surface area contributed by atoms with Crippen molar-refractivity contribution in [2.45, 2.75) is 0 Å². The van der Waals surface area contributed by atoms with Crippen LogP contribution >= 0.6 is 0 Å². The summed E-state index contributed by atoms with van der Waals surface area (Å²) in [5.41, 5.74) is 8.08. The Hall–Kier alpha value is -4.63. The normalized spacial score (nSPS) is 11.5. The van der Waals surface area contributed by atoms with E-state index >= 15 is 0 Å². The van der Waals surface area contributed by atoms with Crippen molar-refractivity contribution in [3.05, 3.63) is 128 Å². The van der Waals surface area contributed by atoms with Gasteiger partial charge in [-0.2, -0.15) is 0 Å². The van der Waals surface area contributed by atoms with Gasteiger partial charge in [-0.15, -0.1) is 0 Å². The number of fused-ring (bicyclic) bond motifs is 5. The first kappa shape index (κ1) is 18.9. The quantitative estimate of drug-likeness (QED) is 0.278. The molecule has 3 heterocycles. The summed E-state index contributed by atoms with van der Waals surface area (Å²) < 4.78 is 4.63. The van der Waals surface area contributed by atoms with Crippen LogP contribution in [0.5, 0.6) is 0 Å². The first-order valence-electron chi connectivity index (χ1n) is 11.5. The molecule has 34 heavy (non-hydrogen) atoms. The van der Waals surface area contributed by atoms with Crippen LogP contribution < -0.4 is 0 Å². The largest absolute Gasteiger partial charge is 0.317 e. The van der Waals surface area contributed by atoms with Gasteiger partial charge in [0.15, 0.2) is 0 Å². The van der Waals surface area contributed by atoms with E-state index in [1.807, 2.05) is 24.4 Å². The lowest BCUT2D eigenvalue weighted by atomic mass is 10.1. The Kier molecular flexibility index (Phi) is 4.15. The van der Waals surface area contributed by atoms with Crippen LogP contribution in [0.3, 0.4) is 0 Å². The van der Waals surface area contributed by atoms with E-state index in [9.17, 15) is 0 Å². The Morgan fingerprint density at radius 1 is 0.500 bits per heavy atom. The van der Waals surface area contributed by atoms with Gasteiger partial charge in [-0.25, -0.2) is 0 Å². The number of rotatable bonds is 3. The molecule has 0 saturated heterocycles. The highest BCUT2D eigenvalue weighted by Crippen LogP contribution is 2.37. The third kappa shape index (κ3) is 2.81. The summed E-state index contributed by atoms with van der Waals surface area (Å²) >= 11 is 0. The molecule has 160 valence electrons. The Labute approximate surface area is 197 Å². The minimum atomic E-state index is 0.988. The average Bonchev–Trinajstić information content (AvgIpc) is 3.49. The summed E-state index contributed by atoms with van der Waals surface area (Å²) in [5.74, 6) is 0. The van der Waals surface area contributed by atoms with Crippen LogP contribution in [0.1, 0.15) is 0 Å². The second kappa shape index (κ2) is 7.46. The van der Waals surface area contributed by atoms with Gasteiger partial charge < -0.3 is 9.13 Å². The third-order valence-corrected chi connectivity index (χ3v) is 6.63. The van der Waals surface area contributed by atoms with Gasteiger partial charge in [-0.1, -0.05) is 54.6 Å². The SMILES string of the molecule is c1ccc(-n2c3ccccc3c3c4ccn(-c5ccc(-c6ccccn6)cc5)c4ccc32)cc1. The van der Waals surface area contributed by atoms with E-state index in [4.69, 9.17) is 0 Å². The summed E-state index contributed by atoms with van der Waals surface area (Å²) in [6, 6.07) is 40.6. The van der Waals surface area contributed by atoms with E-state index < -0.39 is 0 Å². The van der Waals surface area contributed by atoms with Crippen molar-refractivity contribution < 1.29 is 0 Å². The second-order valence-electron chi connectivity index (χ2n) is 8.53. The van der Waals surface area contributed by atoms with E-state index in [1.54, 1.807) is 0 Å². The molecule has 0 aliphatic heterocycles. The summed E-state index contributed by atoms with van der Waals surface area (Å²) in [5, 5.41) is 3.83. The van der Waals surface area contributed by atoms with Gasteiger partial charge in [0.2, 0.25) is 0 Å². The molecule has 0 aliphatic carbocycles. The standard InChI is InChI=1S/C31H21N3/c1-2-8-24(9-3-1)34-29-12-5-4-10-25(29)31-26-19-21-33(28(26)17-18-30(31)34)23-15-13-22(14-16-23)27-11-6-7-20-32-27/h1-21H. The fraction of sp³-hybridized carbons (Fsp3) is 0. The van der Waals surface area contributed by atoms with E-state index in [0.717, 1.165) is 16.9 Å². The summed E-state index contributed by atoms with van der Waals surface area (Å²) in [4.78, 5) is 4.47. The molecule has 0 atom stereocenters. The Morgan fingerprint density at radius 3 is 2.06 bits per heavy atom. The van der Waals surface area contributed by atoms with Gasteiger partial charge in [-0.05, 0) is 60.7 Å². The molecule has 3 nitrogen and oxygen atoms in total. The van der Waals surface area contributed by atoms with Crippen molar-refractivity contribution in [1.82, 2.24) is 14.1 Å². The molecule has 0 fully saturated rings. The van der Waals surface area contributed by atoms with Crippen LogP contribution in [0.4, 0.5) is 0 Å². The molecule has 7 aromatic rings. The molecular weight excluding hydrogens is 414 g/mol. The zero-order valence-corrected chi connectivity index (χ0v) is 18.5. The van der Waals surface area contributed by atoms with Crippen molar-refractivity contribution in [3.63, 3.8) is 0 Å². The van der Waals surface area contributed by atoms with E-state index in [0.29, 0.717) is 0 Å². The van der Waals surface area contributed by atoms with E-state index in [-0.39, 0.29) is 0 Å². The number of para-hydroxylation sites is 2. The smallest absolute Gasteiger partial charge is 0.0701 e. The zero-order chi connectivity index (χ0) is 22.5. The number of hydrogen-bond acceptors (Lipinski definition) is 1. The first-order valence-corrected chi connectivity index (χ1v) is 11.5. The molecule has 3 aromatic heterocycles. The Morgan fingerprint density at radius 2 is 1.24 bits per heavy atom. The molecule has 0 amide bonds. The lowest BCUT2D eigenvalue weighted by Gasteiger charge is -2.09. The highest BCUT2D eigenvalue weighted by atomic mass is 15.0. The van der Waals surface area contributed by atoms with Crippen LogP contribution in [0.25, 0.3) is 55.3 Å². The third-order valence-electron chi connectivity index (χ3n) is 6.63. The summed E-state index contributed by atoms with van der Waals surface area (Å²) in [7, 11) is 0. The Balaban J connectivity index is 1.44. The highest BCUT2D eigenvalue weighted by molar-refractivity contribution is 6.21. The molecular formula is C31H21N3. The lowest BCUT2D eigenvalue weighted by Crippen LogP contribution is -1.94. The predicted octanol–water partition coefficient (Wildman–Crippen LogP) is 7.79. The van der Waals surface area contributed by atoms with E-state index in [1.165, 1.54) is 38.4 Å². The number of pyridine rings is 1. The van der Waals surface area contributed by atoms with Gasteiger partial charge in [0.25, 0.3) is 0 Å².